The summed E-state index contributed by atoms with van der Waals surface area (Å²) in [5.41, 5.74) is 1.21. The van der Waals surface area contributed by atoms with Crippen molar-refractivity contribution in [3.05, 3.63) is 12.2 Å². The van der Waals surface area contributed by atoms with Gasteiger partial charge >= 0.3 is 0 Å². The molecule has 0 aliphatic carbocycles. The normalized spacial score (nSPS) is 25.1. The number of morpholine rings is 1. The second-order valence-electron chi connectivity index (χ2n) is 4.36. The molecule has 0 spiro atoms. The largest absolute Gasteiger partial charge is 0.374 e. The van der Waals surface area contributed by atoms with Crippen molar-refractivity contribution in [2.24, 2.45) is 0 Å². The standard InChI is InChI=1S/C12H24N2O/c1-5-14-6-7-15-12(9-14)11(13-4)8-10(2)3/h11-13H,2,5-9H2,1,3-4H3. The highest BCUT2D eigenvalue weighted by atomic mass is 16.5. The molecule has 1 aliphatic rings. The Labute approximate surface area is 93.5 Å². The fourth-order valence-corrected chi connectivity index (χ4v) is 2.06. The molecule has 0 bridgehead atoms. The molecular formula is C12H24N2O. The van der Waals surface area contributed by atoms with Crippen LogP contribution in [0.2, 0.25) is 0 Å². The zero-order valence-electron chi connectivity index (χ0n) is 10.3. The molecule has 1 rings (SSSR count). The van der Waals surface area contributed by atoms with E-state index >= 15 is 0 Å². The van der Waals surface area contributed by atoms with Gasteiger partial charge in [-0.05, 0) is 26.9 Å². The molecule has 0 aromatic heterocycles. The van der Waals surface area contributed by atoms with Gasteiger partial charge in [0.2, 0.25) is 0 Å². The molecule has 1 N–H and O–H groups in total. The van der Waals surface area contributed by atoms with Gasteiger partial charge < -0.3 is 10.1 Å². The van der Waals surface area contributed by atoms with E-state index in [1.807, 2.05) is 7.05 Å². The Morgan fingerprint density at radius 2 is 2.40 bits per heavy atom. The Hall–Kier alpha value is -0.380. The molecule has 0 radical (unpaired) electrons. The number of nitrogens with zero attached hydrogens (tertiary/aromatic N) is 1. The summed E-state index contributed by atoms with van der Waals surface area (Å²) in [4.78, 5) is 2.44. The highest BCUT2D eigenvalue weighted by Crippen LogP contribution is 2.13. The molecule has 2 unspecified atom stereocenters. The van der Waals surface area contributed by atoms with Gasteiger partial charge in [-0.15, -0.1) is 6.58 Å². The summed E-state index contributed by atoms with van der Waals surface area (Å²) in [6.45, 7) is 12.3. The topological polar surface area (TPSA) is 24.5 Å². The van der Waals surface area contributed by atoms with E-state index in [9.17, 15) is 0 Å². The molecule has 0 aromatic rings. The number of hydrogen-bond donors (Lipinski definition) is 1. The Kier molecular flexibility index (Phi) is 5.29. The fourth-order valence-electron chi connectivity index (χ4n) is 2.06. The Morgan fingerprint density at radius 1 is 1.67 bits per heavy atom. The van der Waals surface area contributed by atoms with Gasteiger partial charge in [-0.25, -0.2) is 0 Å². The van der Waals surface area contributed by atoms with Crippen LogP contribution < -0.4 is 5.32 Å². The SMILES string of the molecule is C=C(C)CC(NC)C1CN(CC)CCO1. The van der Waals surface area contributed by atoms with E-state index in [0.717, 1.165) is 32.7 Å². The second kappa shape index (κ2) is 6.26. The average Bonchev–Trinajstić information content (AvgIpc) is 2.25. The first-order valence-corrected chi connectivity index (χ1v) is 5.83. The highest BCUT2D eigenvalue weighted by Gasteiger charge is 2.26. The van der Waals surface area contributed by atoms with Crippen LogP contribution in [0.15, 0.2) is 12.2 Å². The van der Waals surface area contributed by atoms with Gasteiger partial charge in [-0.1, -0.05) is 12.5 Å². The van der Waals surface area contributed by atoms with Crippen molar-refractivity contribution in [2.75, 3.05) is 33.3 Å². The minimum Gasteiger partial charge on any atom is -0.374 e. The van der Waals surface area contributed by atoms with Crippen molar-refractivity contribution in [3.63, 3.8) is 0 Å². The lowest BCUT2D eigenvalue weighted by Gasteiger charge is -2.36. The van der Waals surface area contributed by atoms with Crippen molar-refractivity contribution < 1.29 is 4.74 Å². The lowest BCUT2D eigenvalue weighted by Crippen LogP contribution is -2.51. The summed E-state index contributed by atoms with van der Waals surface area (Å²) >= 11 is 0. The van der Waals surface area contributed by atoms with Crippen LogP contribution in [0.25, 0.3) is 0 Å². The Balaban J connectivity index is 2.47. The second-order valence-corrected chi connectivity index (χ2v) is 4.36. The summed E-state index contributed by atoms with van der Waals surface area (Å²) in [6, 6.07) is 0.400. The average molecular weight is 212 g/mol. The lowest BCUT2D eigenvalue weighted by molar-refractivity contribution is -0.0435. The zero-order chi connectivity index (χ0) is 11.3. The quantitative estimate of drug-likeness (QED) is 0.694. The number of nitrogens with one attached hydrogen (secondary N) is 1. The van der Waals surface area contributed by atoms with Crippen LogP contribution in [0, 0.1) is 0 Å². The number of ether oxygens (including phenoxy) is 1. The maximum Gasteiger partial charge on any atom is 0.0858 e. The Morgan fingerprint density at radius 3 is 2.93 bits per heavy atom. The maximum atomic E-state index is 5.82. The van der Waals surface area contributed by atoms with Crippen LogP contribution >= 0.6 is 0 Å². The van der Waals surface area contributed by atoms with E-state index in [1.54, 1.807) is 0 Å². The fraction of sp³-hybridized carbons (Fsp3) is 0.833. The highest BCUT2D eigenvalue weighted by molar-refractivity contribution is 4.96. The van der Waals surface area contributed by atoms with Crippen molar-refractivity contribution in [2.45, 2.75) is 32.4 Å². The van der Waals surface area contributed by atoms with E-state index in [1.165, 1.54) is 5.57 Å². The molecule has 1 saturated heterocycles. The molecule has 0 saturated carbocycles. The summed E-state index contributed by atoms with van der Waals surface area (Å²) in [5.74, 6) is 0. The first-order chi connectivity index (χ1) is 7.17. The molecule has 1 aliphatic heterocycles. The zero-order valence-corrected chi connectivity index (χ0v) is 10.3. The molecule has 3 heteroatoms. The van der Waals surface area contributed by atoms with Gasteiger partial charge in [0.1, 0.15) is 0 Å². The van der Waals surface area contributed by atoms with Gasteiger partial charge in [0.15, 0.2) is 0 Å². The van der Waals surface area contributed by atoms with Crippen LogP contribution in [0.4, 0.5) is 0 Å². The van der Waals surface area contributed by atoms with Crippen molar-refractivity contribution in [1.82, 2.24) is 10.2 Å². The number of likely N-dealkylation sites (N-methyl/N-ethyl adjacent to an activating group) is 2. The van der Waals surface area contributed by atoms with E-state index in [0.29, 0.717) is 12.1 Å². The minimum atomic E-state index is 0.306. The molecule has 1 fully saturated rings. The van der Waals surface area contributed by atoms with Crippen molar-refractivity contribution in [3.8, 4) is 0 Å². The molecule has 2 atom stereocenters. The first kappa shape index (κ1) is 12.7. The number of rotatable bonds is 5. The van der Waals surface area contributed by atoms with Crippen LogP contribution in [0.3, 0.4) is 0 Å². The molecule has 1 heterocycles. The minimum absolute atomic E-state index is 0.306. The lowest BCUT2D eigenvalue weighted by atomic mass is 10.0. The van der Waals surface area contributed by atoms with Gasteiger partial charge in [0.25, 0.3) is 0 Å². The van der Waals surface area contributed by atoms with Crippen molar-refractivity contribution in [1.29, 1.82) is 0 Å². The van der Waals surface area contributed by atoms with Crippen LogP contribution in [0.1, 0.15) is 20.3 Å². The Bertz CT molecular complexity index is 206. The van der Waals surface area contributed by atoms with E-state index in [2.05, 4.69) is 30.6 Å². The van der Waals surface area contributed by atoms with Crippen LogP contribution in [-0.2, 0) is 4.74 Å². The molecule has 3 nitrogen and oxygen atoms in total. The molecular weight excluding hydrogens is 188 g/mol. The molecule has 88 valence electrons. The third-order valence-corrected chi connectivity index (χ3v) is 3.01. The summed E-state index contributed by atoms with van der Waals surface area (Å²) in [6.07, 6.45) is 1.30. The van der Waals surface area contributed by atoms with E-state index in [4.69, 9.17) is 4.74 Å². The van der Waals surface area contributed by atoms with Crippen molar-refractivity contribution >= 4 is 0 Å². The van der Waals surface area contributed by atoms with Gasteiger partial charge in [0.05, 0.1) is 12.7 Å². The summed E-state index contributed by atoms with van der Waals surface area (Å²) in [7, 11) is 2.00. The predicted molar refractivity (Wildman–Crippen MR) is 64.1 cm³/mol. The van der Waals surface area contributed by atoms with E-state index < -0.39 is 0 Å². The summed E-state index contributed by atoms with van der Waals surface area (Å²) < 4.78 is 5.82. The first-order valence-electron chi connectivity index (χ1n) is 5.83. The van der Waals surface area contributed by atoms with Crippen LogP contribution in [0.5, 0.6) is 0 Å². The monoisotopic (exact) mass is 212 g/mol. The van der Waals surface area contributed by atoms with Gasteiger partial charge in [-0.3, -0.25) is 4.90 Å². The molecule has 15 heavy (non-hydrogen) atoms. The third kappa shape index (κ3) is 3.93. The molecule has 0 aromatic carbocycles. The smallest absolute Gasteiger partial charge is 0.0858 e. The third-order valence-electron chi connectivity index (χ3n) is 3.01. The van der Waals surface area contributed by atoms with Gasteiger partial charge in [0, 0.05) is 19.1 Å². The van der Waals surface area contributed by atoms with Gasteiger partial charge in [-0.2, -0.15) is 0 Å². The predicted octanol–water partition coefficient (Wildman–Crippen LogP) is 1.26. The molecule has 0 amide bonds. The van der Waals surface area contributed by atoms with E-state index in [-0.39, 0.29) is 0 Å². The van der Waals surface area contributed by atoms with Crippen LogP contribution in [-0.4, -0.2) is 50.3 Å². The number of hydrogen-bond acceptors (Lipinski definition) is 3. The maximum absolute atomic E-state index is 5.82. The summed E-state index contributed by atoms with van der Waals surface area (Å²) in [5, 5.41) is 3.34.